The number of nitrogens with zero attached hydrogens (tertiary/aromatic N) is 1. The van der Waals surface area contributed by atoms with Gasteiger partial charge in [0.2, 0.25) is 11.8 Å². The number of hydrogen-bond acceptors (Lipinski definition) is 3. The number of rotatable bonds is 9. The van der Waals surface area contributed by atoms with Gasteiger partial charge in [-0.25, -0.2) is 0 Å². The molecule has 1 heterocycles. The lowest BCUT2D eigenvalue weighted by molar-refractivity contribution is -0.130. The molecule has 0 aromatic heterocycles. The van der Waals surface area contributed by atoms with E-state index >= 15 is 0 Å². The lowest BCUT2D eigenvalue weighted by atomic mass is 9.94. The summed E-state index contributed by atoms with van der Waals surface area (Å²) >= 11 is 24.9. The van der Waals surface area contributed by atoms with E-state index in [9.17, 15) is 9.59 Å². The molecule has 2 unspecified atom stereocenters. The van der Waals surface area contributed by atoms with Crippen LogP contribution >= 0.6 is 46.4 Å². The highest BCUT2D eigenvalue weighted by Crippen LogP contribution is 2.51. The van der Waals surface area contributed by atoms with Crippen LogP contribution < -0.4 is 10.6 Å². The van der Waals surface area contributed by atoms with Gasteiger partial charge in [0, 0.05) is 39.1 Å². The van der Waals surface area contributed by atoms with Gasteiger partial charge in [0.25, 0.3) is 0 Å². The van der Waals surface area contributed by atoms with Crippen LogP contribution in [0, 0.1) is 0 Å². The van der Waals surface area contributed by atoms with E-state index in [1.54, 1.807) is 36.4 Å². The summed E-state index contributed by atoms with van der Waals surface area (Å²) in [5, 5.41) is 7.96. The number of carbonyl (C=O) groups excluding carboxylic acids is 2. The highest BCUT2D eigenvalue weighted by molar-refractivity contribution is 6.35. The lowest BCUT2D eigenvalue weighted by Gasteiger charge is -2.26. The van der Waals surface area contributed by atoms with E-state index in [1.165, 1.54) is 12.8 Å². The zero-order valence-corrected chi connectivity index (χ0v) is 22.6. The summed E-state index contributed by atoms with van der Waals surface area (Å²) in [6.45, 7) is 4.70. The van der Waals surface area contributed by atoms with Crippen molar-refractivity contribution in [3.8, 4) is 0 Å². The smallest absolute Gasteiger partial charge is 0.242 e. The molecule has 2 aromatic rings. The first-order valence-corrected chi connectivity index (χ1v) is 13.4. The van der Waals surface area contributed by atoms with E-state index in [0.717, 1.165) is 24.2 Å². The first-order chi connectivity index (χ1) is 16.7. The Morgan fingerprint density at radius 3 is 2.20 bits per heavy atom. The fraction of sp³-hybridized carbons (Fsp3) is 0.462. The molecule has 0 radical (unpaired) electrons. The van der Waals surface area contributed by atoms with Crippen LogP contribution in [0.25, 0.3) is 0 Å². The lowest BCUT2D eigenvalue weighted by Crippen LogP contribution is -2.52. The largest absolute Gasteiger partial charge is 0.353 e. The van der Waals surface area contributed by atoms with Crippen LogP contribution in [0.4, 0.5) is 0 Å². The van der Waals surface area contributed by atoms with Gasteiger partial charge in [0.05, 0.1) is 5.41 Å². The topological polar surface area (TPSA) is 61.4 Å². The standard InChI is InChI=1S/C26H29Cl4N3O2/c1-16(33-10-2-3-11-33)15-31-24(34)23(12-17-4-5-18(27)13-21(17)29)32-25(35)26(8-9-26)20-7-6-19(28)14-22(20)30/h4-7,13-14,16,23H,2-3,8-12,15H2,1H3,(H,31,34)(H,32,35). The first kappa shape index (κ1) is 26.6. The Balaban J connectivity index is 1.51. The summed E-state index contributed by atoms with van der Waals surface area (Å²) < 4.78 is 0. The number of amides is 2. The van der Waals surface area contributed by atoms with Gasteiger partial charge >= 0.3 is 0 Å². The molecule has 1 saturated carbocycles. The second kappa shape index (κ2) is 11.3. The van der Waals surface area contributed by atoms with Gasteiger partial charge in [0.1, 0.15) is 6.04 Å². The minimum absolute atomic E-state index is 0.222. The molecule has 2 fully saturated rings. The Labute approximate surface area is 226 Å². The van der Waals surface area contributed by atoms with Crippen molar-refractivity contribution >= 4 is 58.2 Å². The maximum atomic E-state index is 13.5. The average molecular weight is 557 g/mol. The Morgan fingerprint density at radius 2 is 1.60 bits per heavy atom. The molecule has 0 bridgehead atoms. The van der Waals surface area contributed by atoms with Gasteiger partial charge in [-0.05, 0) is 81.1 Å². The van der Waals surface area contributed by atoms with E-state index in [4.69, 9.17) is 46.4 Å². The Kier molecular flexibility index (Phi) is 8.55. The van der Waals surface area contributed by atoms with Crippen molar-refractivity contribution < 1.29 is 9.59 Å². The molecule has 35 heavy (non-hydrogen) atoms. The van der Waals surface area contributed by atoms with Crippen LogP contribution in [0.15, 0.2) is 36.4 Å². The third-order valence-corrected chi connectivity index (χ3v) is 8.16. The molecule has 2 atom stereocenters. The van der Waals surface area contributed by atoms with E-state index in [1.807, 2.05) is 0 Å². The highest BCUT2D eigenvalue weighted by atomic mass is 35.5. The molecule has 2 aliphatic rings. The Morgan fingerprint density at radius 1 is 0.971 bits per heavy atom. The molecule has 1 aliphatic carbocycles. The summed E-state index contributed by atoms with van der Waals surface area (Å²) in [5.41, 5.74) is 0.707. The Bertz CT molecular complexity index is 1100. The molecule has 1 saturated heterocycles. The number of benzene rings is 2. The monoisotopic (exact) mass is 555 g/mol. The molecule has 188 valence electrons. The summed E-state index contributed by atoms with van der Waals surface area (Å²) in [6.07, 6.45) is 3.92. The highest BCUT2D eigenvalue weighted by Gasteiger charge is 2.53. The third kappa shape index (κ3) is 6.26. The van der Waals surface area contributed by atoms with Crippen LogP contribution in [0.3, 0.4) is 0 Å². The zero-order valence-electron chi connectivity index (χ0n) is 19.6. The van der Waals surface area contributed by atoms with E-state index in [-0.39, 0.29) is 24.3 Å². The van der Waals surface area contributed by atoms with Gasteiger partial charge in [-0.3, -0.25) is 14.5 Å². The molecule has 2 aromatic carbocycles. The third-order valence-electron chi connectivity index (χ3n) is 7.03. The van der Waals surface area contributed by atoms with Gasteiger partial charge in [0.15, 0.2) is 0 Å². The van der Waals surface area contributed by atoms with E-state index in [0.29, 0.717) is 39.5 Å². The number of carbonyl (C=O) groups is 2. The Hall–Kier alpha value is -1.50. The van der Waals surface area contributed by atoms with Crippen LogP contribution in [0.2, 0.25) is 20.1 Å². The van der Waals surface area contributed by atoms with Crippen molar-refractivity contribution in [1.82, 2.24) is 15.5 Å². The number of halogens is 4. The predicted octanol–water partition coefficient (Wildman–Crippen LogP) is 5.66. The minimum atomic E-state index is -0.796. The normalized spacial score (nSPS) is 18.7. The second-order valence-electron chi connectivity index (χ2n) is 9.51. The number of hydrogen-bond donors (Lipinski definition) is 2. The molecular formula is C26H29Cl4N3O2. The molecule has 2 amide bonds. The van der Waals surface area contributed by atoms with Crippen molar-refractivity contribution in [2.75, 3.05) is 19.6 Å². The molecular weight excluding hydrogens is 528 g/mol. The van der Waals surface area contributed by atoms with Crippen molar-refractivity contribution in [3.63, 3.8) is 0 Å². The predicted molar refractivity (Wildman–Crippen MR) is 143 cm³/mol. The minimum Gasteiger partial charge on any atom is -0.353 e. The van der Waals surface area contributed by atoms with Crippen molar-refractivity contribution in [1.29, 1.82) is 0 Å². The van der Waals surface area contributed by atoms with Crippen molar-refractivity contribution in [2.45, 2.75) is 56.5 Å². The number of likely N-dealkylation sites (tertiary alicyclic amines) is 1. The van der Waals surface area contributed by atoms with Crippen LogP contribution in [-0.4, -0.2) is 48.4 Å². The molecule has 0 spiro atoms. The fourth-order valence-corrected chi connectivity index (χ4v) is 5.79. The quantitative estimate of drug-likeness (QED) is 0.419. The van der Waals surface area contributed by atoms with Gasteiger partial charge < -0.3 is 10.6 Å². The summed E-state index contributed by atoms with van der Waals surface area (Å²) in [7, 11) is 0. The molecule has 4 rings (SSSR count). The van der Waals surface area contributed by atoms with E-state index < -0.39 is 11.5 Å². The zero-order chi connectivity index (χ0) is 25.2. The van der Waals surface area contributed by atoms with Crippen molar-refractivity contribution in [3.05, 3.63) is 67.6 Å². The molecule has 5 nitrogen and oxygen atoms in total. The van der Waals surface area contributed by atoms with Crippen LogP contribution in [0.1, 0.15) is 43.7 Å². The SMILES string of the molecule is CC(CNC(=O)C(Cc1ccc(Cl)cc1Cl)NC(=O)C1(c2ccc(Cl)cc2Cl)CC1)N1CCCC1. The summed E-state index contributed by atoms with van der Waals surface area (Å²) in [6, 6.07) is 9.74. The maximum Gasteiger partial charge on any atom is 0.242 e. The maximum absolute atomic E-state index is 13.5. The van der Waals surface area contributed by atoms with Crippen LogP contribution in [-0.2, 0) is 21.4 Å². The summed E-state index contributed by atoms with van der Waals surface area (Å²) in [5.74, 6) is -0.465. The molecule has 2 N–H and O–H groups in total. The molecule has 1 aliphatic heterocycles. The fourth-order valence-electron chi connectivity index (χ4n) is 4.72. The first-order valence-electron chi connectivity index (χ1n) is 11.9. The average Bonchev–Trinajstić information content (AvgIpc) is 3.42. The van der Waals surface area contributed by atoms with Gasteiger partial charge in [-0.2, -0.15) is 0 Å². The van der Waals surface area contributed by atoms with Crippen LogP contribution in [0.5, 0.6) is 0 Å². The number of nitrogens with one attached hydrogen (secondary N) is 2. The van der Waals surface area contributed by atoms with E-state index in [2.05, 4.69) is 22.5 Å². The molecule has 9 heteroatoms. The van der Waals surface area contributed by atoms with Crippen molar-refractivity contribution in [2.24, 2.45) is 0 Å². The van der Waals surface area contributed by atoms with Gasteiger partial charge in [-0.15, -0.1) is 0 Å². The second-order valence-corrected chi connectivity index (χ2v) is 11.2. The summed E-state index contributed by atoms with van der Waals surface area (Å²) in [4.78, 5) is 29.2. The van der Waals surface area contributed by atoms with Gasteiger partial charge in [-0.1, -0.05) is 58.5 Å².